The first kappa shape index (κ1) is 21.5. The van der Waals surface area contributed by atoms with Crippen molar-refractivity contribution in [3.05, 3.63) is 82.6 Å². The number of nitrogens with zero attached hydrogens (tertiary/aromatic N) is 1. The zero-order valence-corrected chi connectivity index (χ0v) is 17.8. The minimum atomic E-state index is -1.17. The van der Waals surface area contributed by atoms with Gasteiger partial charge in [-0.05, 0) is 43.4 Å². The van der Waals surface area contributed by atoms with Gasteiger partial charge in [-0.1, -0.05) is 47.6 Å². The highest BCUT2D eigenvalue weighted by Gasteiger charge is 2.26. The third-order valence-corrected chi connectivity index (χ3v) is 5.45. The minimum absolute atomic E-state index is 0.0171. The Balaban J connectivity index is 1.39. The molecule has 1 unspecified atom stereocenters. The molecule has 0 fully saturated rings. The second-order valence-corrected chi connectivity index (χ2v) is 7.85. The van der Waals surface area contributed by atoms with Crippen LogP contribution in [-0.4, -0.2) is 22.8 Å². The molecule has 0 saturated carbocycles. The van der Waals surface area contributed by atoms with Gasteiger partial charge < -0.3 is 14.6 Å². The number of rotatable bonds is 8. The number of carbonyl (C=O) groups excluding carboxylic acids is 3. The Labute approximate surface area is 185 Å². The van der Waals surface area contributed by atoms with Crippen molar-refractivity contribution < 1.29 is 23.6 Å². The van der Waals surface area contributed by atoms with Crippen molar-refractivity contribution >= 4 is 23.5 Å². The molecule has 1 aliphatic rings. The number of carbonyl (C=O) groups is 3. The lowest BCUT2D eigenvalue weighted by molar-refractivity contribution is -0.154. The molecule has 3 aromatic rings. The fourth-order valence-corrected chi connectivity index (χ4v) is 3.81. The average molecular weight is 432 g/mol. The van der Waals surface area contributed by atoms with Crippen molar-refractivity contribution in [2.24, 2.45) is 0 Å². The van der Waals surface area contributed by atoms with Gasteiger partial charge >= 0.3 is 5.97 Å². The Hall–Kier alpha value is -3.74. The molecule has 0 radical (unpaired) electrons. The van der Waals surface area contributed by atoms with E-state index in [-0.39, 0.29) is 24.4 Å². The maximum absolute atomic E-state index is 12.8. The quantitative estimate of drug-likeness (QED) is 0.420. The van der Waals surface area contributed by atoms with Crippen LogP contribution in [0, 0.1) is 6.92 Å². The molecule has 1 aromatic heterocycles. The number of aromatic nitrogens is 1. The maximum Gasteiger partial charge on any atom is 0.307 e. The fraction of sp³-hybridized carbons (Fsp3) is 0.280. The van der Waals surface area contributed by atoms with Gasteiger partial charge in [-0.25, -0.2) is 0 Å². The number of ether oxygens (including phenoxy) is 1. The van der Waals surface area contributed by atoms with Crippen LogP contribution < -0.4 is 5.32 Å². The topological polar surface area (TPSA) is 98.5 Å². The van der Waals surface area contributed by atoms with Crippen LogP contribution in [0.1, 0.15) is 58.2 Å². The van der Waals surface area contributed by atoms with Crippen molar-refractivity contribution in [3.8, 4) is 0 Å². The molecular formula is C25H24N2O5. The number of hydrogen-bond donors (Lipinski definition) is 1. The molecule has 0 bridgehead atoms. The molecule has 4 rings (SSSR count). The average Bonchev–Trinajstić information content (AvgIpc) is 3.44. The molecule has 7 heteroatoms. The number of Topliss-reactive ketones (excluding diaryl/α,β-unsaturated/α-hetero) is 1. The summed E-state index contributed by atoms with van der Waals surface area (Å²) >= 11 is 0. The van der Waals surface area contributed by atoms with E-state index >= 15 is 0 Å². The van der Waals surface area contributed by atoms with Gasteiger partial charge in [0.25, 0.3) is 5.91 Å². The van der Waals surface area contributed by atoms with Gasteiger partial charge in [0.05, 0.1) is 6.42 Å². The highest BCUT2D eigenvalue weighted by molar-refractivity contribution is 5.98. The van der Waals surface area contributed by atoms with Crippen LogP contribution in [0.4, 0.5) is 5.82 Å². The molecule has 2 aromatic carbocycles. The second kappa shape index (κ2) is 9.60. The summed E-state index contributed by atoms with van der Waals surface area (Å²) in [4.78, 5) is 37.9. The van der Waals surface area contributed by atoms with E-state index in [1.54, 1.807) is 43.3 Å². The monoisotopic (exact) mass is 432 g/mol. The van der Waals surface area contributed by atoms with Gasteiger partial charge in [0.15, 0.2) is 11.6 Å². The Morgan fingerprint density at radius 3 is 2.56 bits per heavy atom. The molecule has 1 amide bonds. The van der Waals surface area contributed by atoms with Crippen molar-refractivity contribution in [1.29, 1.82) is 0 Å². The molecule has 7 nitrogen and oxygen atoms in total. The molecule has 164 valence electrons. The molecule has 0 saturated heterocycles. The lowest BCUT2D eigenvalue weighted by Crippen LogP contribution is -2.26. The molecule has 1 atom stereocenters. The van der Waals surface area contributed by atoms with Crippen LogP contribution in [0.2, 0.25) is 0 Å². The Kier molecular flexibility index (Phi) is 6.44. The lowest BCUT2D eigenvalue weighted by Gasteiger charge is -2.17. The van der Waals surface area contributed by atoms with E-state index in [1.165, 1.54) is 11.1 Å². The summed E-state index contributed by atoms with van der Waals surface area (Å²) in [5, 5.41) is 6.33. The van der Waals surface area contributed by atoms with Crippen LogP contribution >= 0.6 is 0 Å². The molecule has 0 aliphatic heterocycles. The van der Waals surface area contributed by atoms with Crippen LogP contribution in [0.25, 0.3) is 0 Å². The Morgan fingerprint density at radius 2 is 1.81 bits per heavy atom. The predicted octanol–water partition coefficient (Wildman–Crippen LogP) is 4.36. The molecule has 0 spiro atoms. The first-order chi connectivity index (χ1) is 15.5. The number of benzene rings is 2. The number of nitrogens with one attached hydrogen (secondary N) is 1. The summed E-state index contributed by atoms with van der Waals surface area (Å²) in [7, 11) is 0. The fourth-order valence-electron chi connectivity index (χ4n) is 3.81. The van der Waals surface area contributed by atoms with Crippen molar-refractivity contribution in [2.45, 2.75) is 45.1 Å². The first-order valence-corrected chi connectivity index (χ1v) is 10.6. The summed E-state index contributed by atoms with van der Waals surface area (Å²) in [5.41, 5.74) is 3.63. The van der Waals surface area contributed by atoms with E-state index in [0.717, 1.165) is 19.3 Å². The predicted molar refractivity (Wildman–Crippen MR) is 117 cm³/mol. The largest absolute Gasteiger partial charge is 0.447 e. The van der Waals surface area contributed by atoms with Crippen LogP contribution in [0.5, 0.6) is 0 Å². The zero-order valence-electron chi connectivity index (χ0n) is 17.8. The highest BCUT2D eigenvalue weighted by Crippen LogP contribution is 2.24. The van der Waals surface area contributed by atoms with Crippen LogP contribution in [0.3, 0.4) is 0 Å². The van der Waals surface area contributed by atoms with E-state index in [9.17, 15) is 14.4 Å². The summed E-state index contributed by atoms with van der Waals surface area (Å²) in [6.07, 6.45) is 1.87. The third-order valence-electron chi connectivity index (χ3n) is 5.45. The Bertz CT molecular complexity index is 1140. The molecule has 32 heavy (non-hydrogen) atoms. The summed E-state index contributed by atoms with van der Waals surface area (Å²) in [6.45, 7) is 1.70. The van der Waals surface area contributed by atoms with Crippen LogP contribution in [0.15, 0.2) is 59.1 Å². The summed E-state index contributed by atoms with van der Waals surface area (Å²) in [6, 6.07) is 16.0. The molecule has 1 N–H and O–H groups in total. The second-order valence-electron chi connectivity index (χ2n) is 7.85. The number of fused-ring (bicyclic) bond motifs is 1. The normalized spacial score (nSPS) is 13.3. The smallest absolute Gasteiger partial charge is 0.307 e. The van der Waals surface area contributed by atoms with Gasteiger partial charge in [-0.2, -0.15) is 0 Å². The van der Waals surface area contributed by atoms with E-state index < -0.39 is 18.0 Å². The lowest BCUT2D eigenvalue weighted by atomic mass is 10.0. The van der Waals surface area contributed by atoms with Gasteiger partial charge in [0.1, 0.15) is 5.76 Å². The number of anilines is 1. The highest BCUT2D eigenvalue weighted by atomic mass is 16.5. The number of ketones is 1. The van der Waals surface area contributed by atoms with E-state index in [1.807, 2.05) is 18.2 Å². The summed E-state index contributed by atoms with van der Waals surface area (Å²) < 4.78 is 10.4. The van der Waals surface area contributed by atoms with Gasteiger partial charge in [-0.15, -0.1) is 0 Å². The third kappa shape index (κ3) is 5.11. The number of hydrogen-bond acceptors (Lipinski definition) is 6. The zero-order chi connectivity index (χ0) is 22.5. The Morgan fingerprint density at radius 1 is 1.03 bits per heavy atom. The number of amides is 1. The van der Waals surface area contributed by atoms with Gasteiger partial charge in [0, 0.05) is 23.6 Å². The summed E-state index contributed by atoms with van der Waals surface area (Å²) in [5.74, 6) is -0.520. The molecule has 1 aliphatic carbocycles. The van der Waals surface area contributed by atoms with Gasteiger partial charge in [0.2, 0.25) is 6.10 Å². The minimum Gasteiger partial charge on any atom is -0.447 e. The molecular weight excluding hydrogens is 408 g/mol. The van der Waals surface area contributed by atoms with Crippen molar-refractivity contribution in [1.82, 2.24) is 5.16 Å². The number of aryl methyl sites for hydroxylation is 3. The van der Waals surface area contributed by atoms with Crippen molar-refractivity contribution in [2.75, 3.05) is 5.32 Å². The van der Waals surface area contributed by atoms with Gasteiger partial charge in [-0.3, -0.25) is 14.4 Å². The number of esters is 1. The van der Waals surface area contributed by atoms with Crippen LogP contribution in [-0.2, 0) is 27.2 Å². The van der Waals surface area contributed by atoms with E-state index in [2.05, 4.69) is 10.5 Å². The first-order valence-electron chi connectivity index (χ1n) is 10.6. The molecule has 1 heterocycles. The van der Waals surface area contributed by atoms with E-state index in [0.29, 0.717) is 16.9 Å². The SMILES string of the molecule is Cc1cc(NC(=O)C(OC(=O)CCC(=O)c2ccc3c(c2)CCC3)c2ccccc2)no1. The van der Waals surface area contributed by atoms with E-state index in [4.69, 9.17) is 9.26 Å². The maximum atomic E-state index is 12.8. The standard InChI is InChI=1S/C25H24N2O5/c1-16-14-22(27-32-16)26-25(30)24(18-6-3-2-4-7-18)31-23(29)13-12-21(28)20-11-10-17-8-5-9-19(17)15-20/h2-4,6-7,10-11,14-15,24H,5,8-9,12-13H2,1H3,(H,26,27,30). The van der Waals surface area contributed by atoms with Crippen molar-refractivity contribution in [3.63, 3.8) is 0 Å².